The fourth-order valence-electron chi connectivity index (χ4n) is 2.15. The van der Waals surface area contributed by atoms with Crippen molar-refractivity contribution in [3.05, 3.63) is 48.3 Å². The fourth-order valence-corrected chi connectivity index (χ4v) is 3.49. The molecular weight excluding hydrogens is 419 g/mol. The van der Waals surface area contributed by atoms with Crippen molar-refractivity contribution in [3.63, 3.8) is 0 Å². The van der Waals surface area contributed by atoms with E-state index in [1.165, 1.54) is 39.5 Å². The van der Waals surface area contributed by atoms with Gasteiger partial charge in [-0.25, -0.2) is 18.2 Å². The molecule has 22 heavy (non-hydrogen) atoms. The van der Waals surface area contributed by atoms with Crippen LogP contribution < -0.4 is 0 Å². The van der Waals surface area contributed by atoms with E-state index in [0.29, 0.717) is 16.6 Å². The summed E-state index contributed by atoms with van der Waals surface area (Å²) >= 11 is 1.38. The molecule has 6 nitrogen and oxygen atoms in total. The first-order chi connectivity index (χ1) is 10.4. The summed E-state index contributed by atoms with van der Waals surface area (Å²) in [4.78, 5) is 18.4. The largest absolute Gasteiger partial charge is 0.478 e. The Morgan fingerprint density at radius 2 is 1.86 bits per heavy atom. The van der Waals surface area contributed by atoms with Crippen LogP contribution >= 0.6 is 21.2 Å². The lowest BCUT2D eigenvalue weighted by Crippen LogP contribution is -1.94. The van der Waals surface area contributed by atoms with Crippen LogP contribution in [-0.2, 0) is 7.01 Å². The monoisotopic (exact) mass is 428 g/mol. The van der Waals surface area contributed by atoms with Gasteiger partial charge in [0.05, 0.1) is 31.7 Å². The molecule has 2 N–H and O–H groups in total. The van der Waals surface area contributed by atoms with E-state index in [9.17, 15) is 13.2 Å². The molecule has 0 radical (unpaired) electrons. The van der Waals surface area contributed by atoms with Gasteiger partial charge in [0.2, 0.25) is 7.01 Å². The molecule has 8 heteroatoms. The topological polar surface area (TPSA) is 100 Å². The number of nitrogens with zero attached hydrogens (tertiary/aromatic N) is 1. The van der Waals surface area contributed by atoms with Crippen LogP contribution in [0.2, 0.25) is 0 Å². The standard InChI is InChI=1S/C14H9IN2O4S/c15-22(20,21)10-3-1-8(2-4-10)9-5-11-12(14(18)19)7-17-13(11)16-6-9/h1-7H,(H,16,17)(H,18,19). The molecule has 0 spiro atoms. The second-order valence-corrected chi connectivity index (χ2v) is 9.42. The van der Waals surface area contributed by atoms with Crippen molar-refractivity contribution in [2.45, 2.75) is 4.90 Å². The molecule has 0 aliphatic carbocycles. The zero-order valence-corrected chi connectivity index (χ0v) is 13.9. The number of carbonyl (C=O) groups is 1. The SMILES string of the molecule is O=C(O)c1c[nH]c2ncc(-c3ccc(S(=O)(=O)I)cc3)cc12. The van der Waals surface area contributed by atoms with E-state index in [1.54, 1.807) is 24.4 Å². The maximum absolute atomic E-state index is 11.4. The van der Waals surface area contributed by atoms with Gasteiger partial charge in [0.15, 0.2) is 0 Å². The predicted molar refractivity (Wildman–Crippen MR) is 89.7 cm³/mol. The zero-order chi connectivity index (χ0) is 15.9. The molecule has 1 aromatic carbocycles. The van der Waals surface area contributed by atoms with Crippen LogP contribution in [0.4, 0.5) is 0 Å². The third-order valence-electron chi connectivity index (χ3n) is 3.23. The number of pyridine rings is 1. The molecule has 0 aliphatic heterocycles. The summed E-state index contributed by atoms with van der Waals surface area (Å²) in [6.45, 7) is 0. The minimum Gasteiger partial charge on any atom is -0.478 e. The number of benzene rings is 1. The highest BCUT2D eigenvalue weighted by atomic mass is 127. The van der Waals surface area contributed by atoms with Crippen molar-refractivity contribution >= 4 is 45.2 Å². The van der Waals surface area contributed by atoms with Gasteiger partial charge in [0.1, 0.15) is 5.65 Å². The number of hydrogen-bond donors (Lipinski definition) is 2. The van der Waals surface area contributed by atoms with Gasteiger partial charge in [-0.15, -0.1) is 0 Å². The van der Waals surface area contributed by atoms with E-state index in [4.69, 9.17) is 5.11 Å². The molecule has 0 atom stereocenters. The van der Waals surface area contributed by atoms with E-state index in [1.807, 2.05) is 0 Å². The third kappa shape index (κ3) is 2.71. The maximum Gasteiger partial charge on any atom is 0.337 e. The van der Waals surface area contributed by atoms with Gasteiger partial charge in [-0.1, -0.05) is 12.1 Å². The summed E-state index contributed by atoms with van der Waals surface area (Å²) in [5.41, 5.74) is 2.12. The Bertz CT molecular complexity index is 978. The molecule has 0 unspecified atom stereocenters. The molecule has 2 heterocycles. The highest BCUT2D eigenvalue weighted by Crippen LogP contribution is 2.26. The quantitative estimate of drug-likeness (QED) is 0.494. The zero-order valence-electron chi connectivity index (χ0n) is 10.9. The maximum atomic E-state index is 11.4. The number of nitrogens with one attached hydrogen (secondary N) is 1. The minimum atomic E-state index is -3.27. The van der Waals surface area contributed by atoms with Crippen molar-refractivity contribution in [2.75, 3.05) is 0 Å². The van der Waals surface area contributed by atoms with Crippen LogP contribution in [0.3, 0.4) is 0 Å². The van der Waals surface area contributed by atoms with E-state index < -0.39 is 13.0 Å². The third-order valence-corrected chi connectivity index (χ3v) is 5.59. The van der Waals surface area contributed by atoms with Gasteiger partial charge in [-0.05, 0) is 23.8 Å². The van der Waals surface area contributed by atoms with Crippen LogP contribution in [0, 0.1) is 0 Å². The van der Waals surface area contributed by atoms with E-state index in [0.717, 1.165) is 5.56 Å². The molecule has 3 rings (SSSR count). The number of aromatic amines is 1. The van der Waals surface area contributed by atoms with Crippen LogP contribution in [0.25, 0.3) is 22.2 Å². The second kappa shape index (κ2) is 5.36. The lowest BCUT2D eigenvalue weighted by atomic mass is 10.1. The smallest absolute Gasteiger partial charge is 0.337 e. The first-order valence-corrected chi connectivity index (χ1v) is 10.1. The molecule has 0 aliphatic rings. The number of aromatic nitrogens is 2. The number of hydrogen-bond acceptors (Lipinski definition) is 4. The van der Waals surface area contributed by atoms with Crippen LogP contribution in [0.5, 0.6) is 0 Å². The highest BCUT2D eigenvalue weighted by Gasteiger charge is 2.13. The molecule has 0 saturated carbocycles. The highest BCUT2D eigenvalue weighted by molar-refractivity contribution is 14.2. The van der Waals surface area contributed by atoms with Crippen molar-refractivity contribution < 1.29 is 18.3 Å². The Hall–Kier alpha value is -1.94. The number of H-pyrrole nitrogens is 1. The number of carboxylic acids is 1. The molecule has 112 valence electrons. The summed E-state index contributed by atoms with van der Waals surface area (Å²) < 4.78 is 22.9. The predicted octanol–water partition coefficient (Wildman–Crippen LogP) is 3.05. The molecular formula is C14H9IN2O4S. The Morgan fingerprint density at radius 3 is 2.45 bits per heavy atom. The first kappa shape index (κ1) is 15.0. The van der Waals surface area contributed by atoms with Gasteiger partial charge in [-0.2, -0.15) is 0 Å². The Morgan fingerprint density at radius 1 is 1.18 bits per heavy atom. The van der Waals surface area contributed by atoms with Crippen molar-refractivity contribution in [1.29, 1.82) is 0 Å². The molecule has 0 amide bonds. The van der Waals surface area contributed by atoms with Crippen LogP contribution in [0.15, 0.2) is 47.6 Å². The van der Waals surface area contributed by atoms with E-state index in [2.05, 4.69) is 9.97 Å². The van der Waals surface area contributed by atoms with Gasteiger partial charge >= 0.3 is 5.97 Å². The minimum absolute atomic E-state index is 0.149. The van der Waals surface area contributed by atoms with Gasteiger partial charge in [-0.3, -0.25) is 0 Å². The van der Waals surface area contributed by atoms with Crippen molar-refractivity contribution in [1.82, 2.24) is 9.97 Å². The van der Waals surface area contributed by atoms with Gasteiger partial charge in [0.25, 0.3) is 0 Å². The first-order valence-electron chi connectivity index (χ1n) is 6.12. The Kier molecular flexibility index (Phi) is 3.65. The summed E-state index contributed by atoms with van der Waals surface area (Å²) in [7, 11) is -3.27. The van der Waals surface area contributed by atoms with Crippen molar-refractivity contribution in [2.24, 2.45) is 0 Å². The van der Waals surface area contributed by atoms with Crippen molar-refractivity contribution in [3.8, 4) is 11.1 Å². The molecule has 3 aromatic rings. The van der Waals surface area contributed by atoms with Gasteiger partial charge < -0.3 is 10.1 Å². The van der Waals surface area contributed by atoms with E-state index in [-0.39, 0.29) is 10.5 Å². The number of rotatable bonds is 3. The number of aromatic carboxylic acids is 1. The normalized spacial score (nSPS) is 11.7. The lowest BCUT2D eigenvalue weighted by molar-refractivity contribution is 0.0699. The van der Waals surface area contributed by atoms with Crippen LogP contribution in [0.1, 0.15) is 10.4 Å². The number of fused-ring (bicyclic) bond motifs is 1. The average molecular weight is 428 g/mol. The number of carboxylic acid groups (broad SMARTS) is 1. The lowest BCUT2D eigenvalue weighted by Gasteiger charge is -2.03. The Balaban J connectivity index is 2.10. The summed E-state index contributed by atoms with van der Waals surface area (Å²) in [6, 6.07) is 8.08. The molecule has 0 bridgehead atoms. The number of halogens is 1. The molecule has 0 fully saturated rings. The average Bonchev–Trinajstić information content (AvgIpc) is 2.89. The van der Waals surface area contributed by atoms with Crippen LogP contribution in [-0.4, -0.2) is 29.5 Å². The second-order valence-electron chi connectivity index (χ2n) is 4.59. The summed E-state index contributed by atoms with van der Waals surface area (Å²) in [5.74, 6) is -1.03. The fraction of sp³-hybridized carbons (Fsp3) is 0. The van der Waals surface area contributed by atoms with E-state index >= 15 is 0 Å². The molecule has 0 saturated heterocycles. The summed E-state index contributed by atoms with van der Waals surface area (Å²) in [6.07, 6.45) is 3.01. The summed E-state index contributed by atoms with van der Waals surface area (Å²) in [5, 5.41) is 9.65. The Labute approximate surface area is 137 Å². The molecule has 2 aromatic heterocycles. The van der Waals surface area contributed by atoms with Gasteiger partial charge in [0, 0.05) is 23.3 Å².